The van der Waals surface area contributed by atoms with E-state index in [1.54, 1.807) is 0 Å². The second-order valence-electron chi connectivity index (χ2n) is 14.0. The minimum Gasteiger partial charge on any atom is -0.363 e. The molecule has 1 saturated carbocycles. The Morgan fingerprint density at radius 3 is 2.05 bits per heavy atom. The molecule has 4 unspecified atom stereocenters. The summed E-state index contributed by atoms with van der Waals surface area (Å²) in [7, 11) is 5.85. The van der Waals surface area contributed by atoms with Crippen LogP contribution in [0.25, 0.3) is 0 Å². The molecule has 2 aliphatic rings. The van der Waals surface area contributed by atoms with E-state index in [1.165, 1.54) is 17.0 Å². The molecule has 0 aromatic rings. The molecule has 4 atom stereocenters. The van der Waals surface area contributed by atoms with Crippen molar-refractivity contribution in [1.29, 1.82) is 0 Å². The molecule has 0 aromatic heterocycles. The van der Waals surface area contributed by atoms with Crippen LogP contribution in [0.4, 0.5) is 4.79 Å². The van der Waals surface area contributed by atoms with Gasteiger partial charge in [0, 0.05) is 31.3 Å². The monoisotopic (exact) mass is 611 g/mol. The lowest BCUT2D eigenvalue weighted by Crippen LogP contribution is -2.61. The van der Waals surface area contributed by atoms with Gasteiger partial charge in [0.05, 0.1) is 6.04 Å². The SMILES string of the molecule is CN(C)SN(C)CC(NC(=O)NC(C(=O)N1CCCC1C(=O)NC(CCC1CC1)C(=O)C(N)=O)C(C)(C)C)C(C)(C)C. The van der Waals surface area contributed by atoms with Crippen molar-refractivity contribution in [3.63, 3.8) is 0 Å². The van der Waals surface area contributed by atoms with E-state index in [-0.39, 0.29) is 17.4 Å². The van der Waals surface area contributed by atoms with Crippen LogP contribution in [0.5, 0.6) is 0 Å². The molecule has 0 spiro atoms. The van der Waals surface area contributed by atoms with Crippen LogP contribution in [-0.2, 0) is 19.2 Å². The van der Waals surface area contributed by atoms with E-state index in [4.69, 9.17) is 5.73 Å². The number of rotatable bonds is 14. The van der Waals surface area contributed by atoms with Gasteiger partial charge < -0.3 is 26.6 Å². The number of primary amides is 1. The lowest BCUT2D eigenvalue weighted by atomic mass is 9.85. The van der Waals surface area contributed by atoms with Gasteiger partial charge in [-0.2, -0.15) is 0 Å². The van der Waals surface area contributed by atoms with Crippen molar-refractivity contribution < 1.29 is 24.0 Å². The molecule has 1 saturated heterocycles. The number of ketones is 1. The summed E-state index contributed by atoms with van der Waals surface area (Å²) >= 11 is 1.53. The molecule has 1 aliphatic carbocycles. The van der Waals surface area contributed by atoms with Gasteiger partial charge in [0.2, 0.25) is 17.6 Å². The first-order chi connectivity index (χ1) is 19.3. The van der Waals surface area contributed by atoms with E-state index < -0.39 is 47.2 Å². The highest BCUT2D eigenvalue weighted by molar-refractivity contribution is 7.94. The lowest BCUT2D eigenvalue weighted by molar-refractivity contribution is -0.143. The minimum absolute atomic E-state index is 0.216. The zero-order valence-electron chi connectivity index (χ0n) is 26.9. The number of hydrogen-bond donors (Lipinski definition) is 4. The van der Waals surface area contributed by atoms with Crippen LogP contribution in [-0.4, -0.2) is 101 Å². The molecule has 2 fully saturated rings. The Kier molecular flexibility index (Phi) is 12.7. The highest BCUT2D eigenvalue weighted by atomic mass is 32.2. The zero-order valence-corrected chi connectivity index (χ0v) is 27.7. The Hall–Kier alpha value is -2.38. The molecular formula is C29H53N7O5S. The number of Topliss-reactive ketones (excluding diaryl/α,β-unsaturated/α-hetero) is 1. The summed E-state index contributed by atoms with van der Waals surface area (Å²) < 4.78 is 4.01. The predicted molar refractivity (Wildman–Crippen MR) is 165 cm³/mol. The number of nitrogens with two attached hydrogens (primary N) is 1. The Labute approximate surface area is 255 Å². The summed E-state index contributed by atoms with van der Waals surface area (Å²) in [5, 5.41) is 8.67. The van der Waals surface area contributed by atoms with E-state index in [0.717, 1.165) is 19.3 Å². The van der Waals surface area contributed by atoms with Gasteiger partial charge in [-0.15, -0.1) is 0 Å². The fourth-order valence-corrected chi connectivity index (χ4v) is 5.84. The maximum absolute atomic E-state index is 13.9. The van der Waals surface area contributed by atoms with Crippen LogP contribution < -0.4 is 21.7 Å². The Bertz CT molecular complexity index is 990. The van der Waals surface area contributed by atoms with Gasteiger partial charge in [0.1, 0.15) is 12.1 Å². The quantitative estimate of drug-likeness (QED) is 0.171. The largest absolute Gasteiger partial charge is 0.363 e. The van der Waals surface area contributed by atoms with Gasteiger partial charge in [-0.3, -0.25) is 19.2 Å². The van der Waals surface area contributed by atoms with Gasteiger partial charge in [0.15, 0.2) is 0 Å². The molecule has 5 N–H and O–H groups in total. The normalized spacial score (nSPS) is 19.8. The van der Waals surface area contributed by atoms with Crippen molar-refractivity contribution >= 4 is 41.7 Å². The molecule has 1 aliphatic heterocycles. The Morgan fingerprint density at radius 2 is 1.55 bits per heavy atom. The van der Waals surface area contributed by atoms with Crippen molar-refractivity contribution in [2.24, 2.45) is 22.5 Å². The predicted octanol–water partition coefficient (Wildman–Crippen LogP) is 1.89. The average molecular weight is 612 g/mol. The van der Waals surface area contributed by atoms with E-state index in [2.05, 4.69) is 16.0 Å². The maximum atomic E-state index is 13.9. The third kappa shape index (κ3) is 11.0. The summed E-state index contributed by atoms with van der Waals surface area (Å²) in [6.07, 6.45) is 4.23. The number of amides is 5. The second-order valence-corrected chi connectivity index (χ2v) is 15.6. The van der Waals surface area contributed by atoms with Crippen LogP contribution in [0.1, 0.15) is 80.1 Å². The summed E-state index contributed by atoms with van der Waals surface area (Å²) in [6, 6.07) is -3.40. The first-order valence-corrected chi connectivity index (χ1v) is 15.6. The number of likely N-dealkylation sites (tertiary alicyclic amines) is 1. The fraction of sp³-hybridized carbons (Fsp3) is 0.828. The maximum Gasteiger partial charge on any atom is 0.315 e. The highest BCUT2D eigenvalue weighted by Gasteiger charge is 2.43. The van der Waals surface area contributed by atoms with Crippen LogP contribution in [0.3, 0.4) is 0 Å². The first kappa shape index (κ1) is 35.8. The lowest BCUT2D eigenvalue weighted by Gasteiger charge is -2.38. The third-order valence-corrected chi connectivity index (χ3v) is 8.51. The molecule has 1 heterocycles. The molecule has 240 valence electrons. The molecule has 0 aromatic carbocycles. The molecule has 2 rings (SSSR count). The van der Waals surface area contributed by atoms with Crippen molar-refractivity contribution in [1.82, 2.24) is 29.5 Å². The van der Waals surface area contributed by atoms with Gasteiger partial charge in [-0.05, 0) is 63.6 Å². The standard InChI is InChI=1S/C29H53N7O5S/c1-28(2,3)21(17-35(9)42-34(7)8)32-27(41)33-23(29(4,5)6)26(40)36-16-10-11-20(36)25(39)31-19(22(37)24(30)38)15-14-18-12-13-18/h18-21,23H,10-17H2,1-9H3,(H2,30,38)(H,31,39)(H2,32,33,41). The van der Waals surface area contributed by atoms with Gasteiger partial charge >= 0.3 is 6.03 Å². The number of nitrogens with zero attached hydrogens (tertiary/aromatic N) is 3. The molecular weight excluding hydrogens is 558 g/mol. The van der Waals surface area contributed by atoms with E-state index >= 15 is 0 Å². The van der Waals surface area contributed by atoms with Crippen molar-refractivity contribution in [2.75, 3.05) is 34.2 Å². The van der Waals surface area contributed by atoms with Gasteiger partial charge in [-0.25, -0.2) is 13.4 Å². The molecule has 12 nitrogen and oxygen atoms in total. The third-order valence-electron chi connectivity index (χ3n) is 7.76. The molecule has 13 heteroatoms. The number of urea groups is 1. The van der Waals surface area contributed by atoms with E-state index in [1.807, 2.05) is 71.3 Å². The van der Waals surface area contributed by atoms with E-state index in [9.17, 15) is 24.0 Å². The molecule has 0 radical (unpaired) electrons. The summed E-state index contributed by atoms with van der Waals surface area (Å²) in [5.41, 5.74) is 4.34. The van der Waals surface area contributed by atoms with Crippen LogP contribution in [0.15, 0.2) is 0 Å². The molecule has 5 amide bonds. The fourth-order valence-electron chi connectivity index (χ4n) is 5.07. The number of nitrogens with one attached hydrogen (secondary N) is 3. The topological polar surface area (TPSA) is 157 Å². The summed E-state index contributed by atoms with van der Waals surface area (Å²) in [4.78, 5) is 66.2. The van der Waals surface area contributed by atoms with Crippen molar-refractivity contribution in [2.45, 2.75) is 104 Å². The molecule has 42 heavy (non-hydrogen) atoms. The number of carbonyl (C=O) groups is 5. The van der Waals surface area contributed by atoms with Gasteiger partial charge in [-0.1, -0.05) is 54.4 Å². The van der Waals surface area contributed by atoms with E-state index in [0.29, 0.717) is 38.3 Å². The Morgan fingerprint density at radius 1 is 0.929 bits per heavy atom. The smallest absolute Gasteiger partial charge is 0.315 e. The van der Waals surface area contributed by atoms with Crippen LogP contribution in [0.2, 0.25) is 0 Å². The van der Waals surface area contributed by atoms with Crippen molar-refractivity contribution in [3.05, 3.63) is 0 Å². The first-order valence-electron chi connectivity index (χ1n) is 14.9. The summed E-state index contributed by atoms with van der Waals surface area (Å²) in [5.74, 6) is -2.25. The van der Waals surface area contributed by atoms with Crippen LogP contribution >= 0.6 is 12.1 Å². The summed E-state index contributed by atoms with van der Waals surface area (Å²) in [6.45, 7) is 12.7. The number of hydrogen-bond acceptors (Lipinski definition) is 8. The van der Waals surface area contributed by atoms with Crippen molar-refractivity contribution in [3.8, 4) is 0 Å². The Balaban J connectivity index is 2.15. The number of carbonyl (C=O) groups excluding carboxylic acids is 5. The highest BCUT2D eigenvalue weighted by Crippen LogP contribution is 2.34. The minimum atomic E-state index is -1.08. The zero-order chi connectivity index (χ0) is 32.0. The second kappa shape index (κ2) is 14.9. The molecule has 0 bridgehead atoms. The van der Waals surface area contributed by atoms with Gasteiger partial charge in [0.25, 0.3) is 5.91 Å². The number of likely N-dealkylation sites (N-methyl/N-ethyl adjacent to an activating group) is 1. The average Bonchev–Trinajstić information content (AvgIpc) is 3.54. The van der Waals surface area contributed by atoms with Crippen LogP contribution in [0, 0.1) is 16.7 Å².